The third-order valence-corrected chi connectivity index (χ3v) is 10.1. The number of hydrogen-bond acceptors (Lipinski definition) is 2. The van der Waals surface area contributed by atoms with E-state index >= 15 is 0 Å². The zero-order valence-electron chi connectivity index (χ0n) is 24.7. The summed E-state index contributed by atoms with van der Waals surface area (Å²) in [6, 6.07) is 22.7. The summed E-state index contributed by atoms with van der Waals surface area (Å²) >= 11 is 0. The fraction of sp³-hybridized carbons (Fsp3) is 0.471. The van der Waals surface area contributed by atoms with E-state index in [1.807, 2.05) is 0 Å². The molecule has 0 saturated carbocycles. The summed E-state index contributed by atoms with van der Waals surface area (Å²) in [7, 11) is -0.952. The lowest BCUT2D eigenvalue weighted by atomic mass is 9.97. The lowest BCUT2D eigenvalue weighted by Crippen LogP contribution is -2.21. The maximum absolute atomic E-state index is 6.51. The number of ether oxygens (including phenoxy) is 2. The molecule has 3 aromatic carbocycles. The highest BCUT2D eigenvalue weighted by atomic mass is 28.3. The largest absolute Gasteiger partial charge is 0.493 e. The van der Waals surface area contributed by atoms with Crippen molar-refractivity contribution in [1.82, 2.24) is 0 Å². The molecular weight excluding hydrogens is 497 g/mol. The summed E-state index contributed by atoms with van der Waals surface area (Å²) in [6.45, 7) is 15.4. The maximum atomic E-state index is 6.51. The predicted octanol–water partition coefficient (Wildman–Crippen LogP) is 8.86. The molecule has 0 atom stereocenters. The first-order valence-corrected chi connectivity index (χ1v) is 19.7. The fourth-order valence-corrected chi connectivity index (χ4v) is 6.30. The lowest BCUT2D eigenvalue weighted by molar-refractivity contribution is 0.299. The smallest absolute Gasteiger partial charge is 0.128 e. The molecule has 3 aromatic rings. The molecule has 38 heavy (non-hydrogen) atoms. The normalized spacial score (nSPS) is 11.4. The van der Waals surface area contributed by atoms with E-state index in [9.17, 15) is 0 Å². The summed E-state index contributed by atoms with van der Waals surface area (Å²) in [5.74, 6) is 1.92. The van der Waals surface area contributed by atoms with Crippen LogP contribution in [0.15, 0.2) is 60.7 Å². The summed E-state index contributed by atoms with van der Waals surface area (Å²) in [5.41, 5.74) is 4.65. The Balaban J connectivity index is 2.02. The molecule has 0 saturated heterocycles. The second kappa shape index (κ2) is 15.9. The molecule has 2 radical (unpaired) electrons. The van der Waals surface area contributed by atoms with E-state index < -0.39 is 17.6 Å². The minimum absolute atomic E-state index is 0.476. The van der Waals surface area contributed by atoms with Gasteiger partial charge in [-0.2, -0.15) is 0 Å². The molecule has 0 heterocycles. The first-order chi connectivity index (χ1) is 18.4. The van der Waals surface area contributed by atoms with Crippen molar-refractivity contribution in [1.29, 1.82) is 0 Å². The summed E-state index contributed by atoms with van der Waals surface area (Å²) in [6.07, 6.45) is 9.58. The van der Waals surface area contributed by atoms with Gasteiger partial charge < -0.3 is 9.47 Å². The van der Waals surface area contributed by atoms with E-state index in [0.717, 1.165) is 48.7 Å². The van der Waals surface area contributed by atoms with Gasteiger partial charge in [0.2, 0.25) is 0 Å². The van der Waals surface area contributed by atoms with Gasteiger partial charge in [0.15, 0.2) is 0 Å². The molecule has 0 N–H and O–H groups in total. The van der Waals surface area contributed by atoms with Gasteiger partial charge in [0.25, 0.3) is 0 Å². The summed E-state index contributed by atoms with van der Waals surface area (Å²) < 4.78 is 13.0. The second-order valence-corrected chi connectivity index (χ2v) is 16.0. The van der Waals surface area contributed by atoms with Crippen molar-refractivity contribution in [2.75, 3.05) is 13.2 Å². The number of unbranched alkanes of at least 4 members (excludes halogenated alkanes) is 6. The first kappa shape index (κ1) is 30.2. The van der Waals surface area contributed by atoms with Crippen LogP contribution in [0.1, 0.15) is 65.2 Å². The SMILES string of the molecule is CCCCCCOc1cc(-c2ccc([Si](C)C)cc2)c(OCCCCCC)cc1-c1ccc([Si](C)C)cc1. The summed E-state index contributed by atoms with van der Waals surface area (Å²) in [5, 5.41) is 2.91. The van der Waals surface area contributed by atoms with Crippen LogP contribution in [0.3, 0.4) is 0 Å². The van der Waals surface area contributed by atoms with E-state index in [1.165, 1.54) is 60.0 Å². The van der Waals surface area contributed by atoms with Gasteiger partial charge in [-0.3, -0.25) is 0 Å². The highest BCUT2D eigenvalue weighted by Crippen LogP contribution is 2.41. The van der Waals surface area contributed by atoms with Crippen LogP contribution in [0, 0.1) is 0 Å². The highest BCUT2D eigenvalue weighted by Gasteiger charge is 2.17. The molecule has 0 bridgehead atoms. The Hall–Kier alpha value is -2.31. The Morgan fingerprint density at radius 1 is 0.500 bits per heavy atom. The molecule has 0 amide bonds. The lowest BCUT2D eigenvalue weighted by Gasteiger charge is -2.19. The van der Waals surface area contributed by atoms with Gasteiger partial charge in [-0.25, -0.2) is 0 Å². The van der Waals surface area contributed by atoms with Crippen LogP contribution in [0.2, 0.25) is 26.2 Å². The third-order valence-electron chi connectivity index (χ3n) is 7.14. The molecule has 0 aliphatic carbocycles. The monoisotopic (exact) mass is 544 g/mol. The molecule has 0 aromatic heterocycles. The van der Waals surface area contributed by atoms with E-state index in [4.69, 9.17) is 9.47 Å². The highest BCUT2D eigenvalue weighted by molar-refractivity contribution is 6.71. The van der Waals surface area contributed by atoms with Gasteiger partial charge >= 0.3 is 0 Å². The van der Waals surface area contributed by atoms with Crippen molar-refractivity contribution in [3.05, 3.63) is 60.7 Å². The molecule has 4 heteroatoms. The van der Waals surface area contributed by atoms with Crippen molar-refractivity contribution >= 4 is 28.0 Å². The molecule has 0 fully saturated rings. The fourth-order valence-electron chi connectivity index (χ4n) is 4.64. The molecule has 0 aliphatic heterocycles. The van der Waals surface area contributed by atoms with Gasteiger partial charge in [0, 0.05) is 11.1 Å². The minimum atomic E-state index is -0.476. The maximum Gasteiger partial charge on any atom is 0.128 e. The van der Waals surface area contributed by atoms with E-state index in [-0.39, 0.29) is 0 Å². The molecule has 0 aliphatic rings. The average Bonchev–Trinajstić information content (AvgIpc) is 2.93. The third kappa shape index (κ3) is 8.88. The van der Waals surface area contributed by atoms with E-state index in [0.29, 0.717) is 0 Å². The standard InChI is InChI=1S/C34H48O2Si2/c1-7-9-11-13-23-35-33-25-32(28-17-21-30(22-18-28)38(5)6)34(36-24-14-12-10-8-2)26-31(33)27-15-19-29(20-16-27)37(3)4/h15-22,25-26H,7-14,23-24H2,1-6H3. The number of hydrogen-bond donors (Lipinski definition) is 0. The molecule has 2 nitrogen and oxygen atoms in total. The van der Waals surface area contributed by atoms with E-state index in [1.54, 1.807) is 0 Å². The molecule has 0 spiro atoms. The van der Waals surface area contributed by atoms with Crippen LogP contribution in [-0.2, 0) is 0 Å². The van der Waals surface area contributed by atoms with Gasteiger partial charge in [-0.1, -0.05) is 137 Å². The first-order valence-electron chi connectivity index (χ1n) is 14.7. The van der Waals surface area contributed by atoms with Gasteiger partial charge in [0.05, 0.1) is 30.8 Å². The van der Waals surface area contributed by atoms with E-state index in [2.05, 4.69) is 101 Å². The topological polar surface area (TPSA) is 18.5 Å². The van der Waals surface area contributed by atoms with Crippen LogP contribution in [0.25, 0.3) is 22.3 Å². The van der Waals surface area contributed by atoms with Crippen LogP contribution in [-0.4, -0.2) is 30.8 Å². The van der Waals surface area contributed by atoms with Crippen LogP contribution >= 0.6 is 0 Å². The Morgan fingerprint density at radius 3 is 1.18 bits per heavy atom. The molecule has 0 unspecified atom stereocenters. The van der Waals surface area contributed by atoms with Crippen molar-refractivity contribution in [3.8, 4) is 33.8 Å². The quantitative estimate of drug-likeness (QED) is 0.132. The second-order valence-electron chi connectivity index (χ2n) is 10.8. The van der Waals surface area contributed by atoms with Crippen LogP contribution in [0.4, 0.5) is 0 Å². The van der Waals surface area contributed by atoms with Gasteiger partial charge in [-0.15, -0.1) is 0 Å². The zero-order valence-corrected chi connectivity index (χ0v) is 26.7. The van der Waals surface area contributed by atoms with Crippen molar-refractivity contribution in [2.45, 2.75) is 91.4 Å². The number of benzene rings is 3. The van der Waals surface area contributed by atoms with Crippen molar-refractivity contribution < 1.29 is 9.47 Å². The Kier molecular flexibility index (Phi) is 12.7. The average molecular weight is 545 g/mol. The van der Waals surface area contributed by atoms with Gasteiger partial charge in [-0.05, 0) is 36.1 Å². The molecular formula is C34H48O2Si2. The number of rotatable bonds is 16. The minimum Gasteiger partial charge on any atom is -0.493 e. The summed E-state index contributed by atoms with van der Waals surface area (Å²) in [4.78, 5) is 0. The Bertz CT molecular complexity index is 999. The predicted molar refractivity (Wildman–Crippen MR) is 171 cm³/mol. The van der Waals surface area contributed by atoms with Crippen LogP contribution < -0.4 is 19.8 Å². The van der Waals surface area contributed by atoms with Crippen LogP contribution in [0.5, 0.6) is 11.5 Å². The zero-order chi connectivity index (χ0) is 27.3. The van der Waals surface area contributed by atoms with Crippen molar-refractivity contribution in [3.63, 3.8) is 0 Å². The Labute approximate surface area is 236 Å². The molecule has 204 valence electrons. The van der Waals surface area contributed by atoms with Gasteiger partial charge in [0.1, 0.15) is 11.5 Å². The molecule has 3 rings (SSSR count). The van der Waals surface area contributed by atoms with Crippen molar-refractivity contribution in [2.24, 2.45) is 0 Å². The Morgan fingerprint density at radius 2 is 0.868 bits per heavy atom.